The molecule has 0 fully saturated rings. The van der Waals surface area contributed by atoms with Gasteiger partial charge in [-0.1, -0.05) is 0 Å². The van der Waals surface area contributed by atoms with E-state index in [0.717, 1.165) is 0 Å². The van der Waals surface area contributed by atoms with Gasteiger partial charge in [0.15, 0.2) is 11.5 Å². The van der Waals surface area contributed by atoms with Gasteiger partial charge in [-0.2, -0.15) is 17.7 Å². The lowest BCUT2D eigenvalue weighted by Crippen LogP contribution is -2.17. The molecule has 0 unspecified atom stereocenters. The Morgan fingerprint density at radius 2 is 1.88 bits per heavy atom. The quantitative estimate of drug-likeness (QED) is 0.767. The van der Waals surface area contributed by atoms with Crippen molar-refractivity contribution in [2.75, 3.05) is 24.3 Å². The van der Waals surface area contributed by atoms with Crippen molar-refractivity contribution in [3.05, 3.63) is 40.8 Å². The molecule has 3 aromatic rings. The van der Waals surface area contributed by atoms with Crippen molar-refractivity contribution in [2.24, 2.45) is 0 Å². The van der Waals surface area contributed by atoms with E-state index in [4.69, 9.17) is 0 Å². The van der Waals surface area contributed by atoms with Crippen LogP contribution >= 0.6 is 0 Å². The molecule has 0 aliphatic heterocycles. The number of rotatable bonds is 4. The third kappa shape index (κ3) is 3.39. The van der Waals surface area contributed by atoms with Gasteiger partial charge in [0.05, 0.1) is 6.54 Å². The first kappa shape index (κ1) is 17.9. The van der Waals surface area contributed by atoms with Gasteiger partial charge >= 0.3 is 6.18 Å². The Kier molecular flexibility index (Phi) is 4.43. The topological polar surface area (TPSA) is 71.2 Å². The summed E-state index contributed by atoms with van der Waals surface area (Å²) in [6.45, 7) is 3.07. The Labute approximate surface area is 147 Å². The average Bonchev–Trinajstić information content (AvgIpc) is 2.93. The normalized spacial score (nSPS) is 11.8. The Morgan fingerprint density at radius 3 is 2.54 bits per heavy atom. The van der Waals surface area contributed by atoms with Gasteiger partial charge in [-0.05, 0) is 37.6 Å². The Bertz CT molecular complexity index is 947. The van der Waals surface area contributed by atoms with Crippen LogP contribution in [0.4, 0.5) is 24.8 Å². The lowest BCUT2D eigenvalue weighted by atomic mass is 10.1. The van der Waals surface area contributed by atoms with Crippen LogP contribution in [0.15, 0.2) is 18.2 Å². The summed E-state index contributed by atoms with van der Waals surface area (Å²) in [4.78, 5) is 5.82. The second-order valence-electron chi connectivity index (χ2n) is 6.13. The van der Waals surface area contributed by atoms with E-state index in [-0.39, 0.29) is 17.9 Å². The molecule has 0 aromatic carbocycles. The van der Waals surface area contributed by atoms with Crippen LogP contribution in [0.3, 0.4) is 0 Å². The Hall–Kier alpha value is -2.91. The van der Waals surface area contributed by atoms with Crippen molar-refractivity contribution in [1.82, 2.24) is 24.8 Å². The molecule has 0 radical (unpaired) electrons. The van der Waals surface area contributed by atoms with E-state index in [2.05, 4.69) is 25.6 Å². The zero-order valence-corrected chi connectivity index (χ0v) is 14.8. The molecular formula is C16H18F3N7. The van der Waals surface area contributed by atoms with Crippen molar-refractivity contribution in [1.29, 1.82) is 0 Å². The molecule has 3 aromatic heterocycles. The first-order valence-electron chi connectivity index (χ1n) is 7.85. The molecule has 7 nitrogen and oxygen atoms in total. The molecule has 0 amide bonds. The summed E-state index contributed by atoms with van der Waals surface area (Å²) in [6.07, 6.45) is -4.50. The lowest BCUT2D eigenvalue weighted by molar-refractivity contribution is -0.137. The molecule has 0 aliphatic carbocycles. The summed E-state index contributed by atoms with van der Waals surface area (Å²) in [7, 11) is 3.68. The van der Waals surface area contributed by atoms with Crippen molar-refractivity contribution in [2.45, 2.75) is 26.6 Å². The third-order valence-corrected chi connectivity index (χ3v) is 3.81. The van der Waals surface area contributed by atoms with Crippen LogP contribution in [0, 0.1) is 13.8 Å². The van der Waals surface area contributed by atoms with E-state index in [1.807, 2.05) is 19.0 Å². The van der Waals surface area contributed by atoms with Gasteiger partial charge in [0.1, 0.15) is 17.2 Å². The van der Waals surface area contributed by atoms with Crippen LogP contribution in [0.1, 0.15) is 22.6 Å². The van der Waals surface area contributed by atoms with Crippen molar-refractivity contribution < 1.29 is 13.2 Å². The summed E-state index contributed by atoms with van der Waals surface area (Å²) < 4.78 is 41.6. The highest BCUT2D eigenvalue weighted by molar-refractivity contribution is 5.51. The second-order valence-corrected chi connectivity index (χ2v) is 6.13. The van der Waals surface area contributed by atoms with Gasteiger partial charge in [-0.25, -0.2) is 4.98 Å². The number of nitrogens with zero attached hydrogens (tertiary/aromatic N) is 6. The number of aryl methyl sites for hydroxylation is 2. The summed E-state index contributed by atoms with van der Waals surface area (Å²) in [6, 6.07) is 4.94. The number of fused-ring (bicyclic) bond motifs is 1. The number of alkyl halides is 3. The SMILES string of the molecule is Cc1cc(C)c(C(F)(F)F)c(NCc2nnc3ccc(N(C)C)nn23)n1. The number of pyridine rings is 1. The van der Waals surface area contributed by atoms with Crippen LogP contribution in [-0.2, 0) is 12.7 Å². The molecule has 3 rings (SSSR count). The minimum absolute atomic E-state index is 0.00399. The molecule has 3 heterocycles. The molecule has 138 valence electrons. The molecule has 0 saturated carbocycles. The van der Waals surface area contributed by atoms with Crippen molar-refractivity contribution in [3.63, 3.8) is 0 Å². The fourth-order valence-electron chi connectivity index (χ4n) is 2.66. The zero-order chi connectivity index (χ0) is 19.1. The van der Waals surface area contributed by atoms with Gasteiger partial charge in [-0.15, -0.1) is 15.3 Å². The summed E-state index contributed by atoms with van der Waals surface area (Å²) in [5.74, 6) is 0.840. The first-order chi connectivity index (χ1) is 12.2. The molecule has 0 bridgehead atoms. The van der Waals surface area contributed by atoms with E-state index in [1.54, 1.807) is 19.1 Å². The number of halogens is 3. The highest BCUT2D eigenvalue weighted by Gasteiger charge is 2.36. The van der Waals surface area contributed by atoms with Crippen LogP contribution in [-0.4, -0.2) is 38.9 Å². The van der Waals surface area contributed by atoms with Crippen LogP contribution < -0.4 is 10.2 Å². The predicted molar refractivity (Wildman–Crippen MR) is 91.1 cm³/mol. The first-order valence-corrected chi connectivity index (χ1v) is 7.85. The molecular weight excluding hydrogens is 347 g/mol. The largest absolute Gasteiger partial charge is 0.420 e. The molecule has 10 heteroatoms. The standard InChI is InChI=1S/C16H18F3N7/c1-9-7-10(2)21-15(14(9)16(17,18)19)20-8-13-23-22-11-5-6-12(25(3)4)24-26(11)13/h5-7H,8H2,1-4H3,(H,20,21). The monoisotopic (exact) mass is 365 g/mol. The van der Waals surface area contributed by atoms with Gasteiger partial charge < -0.3 is 10.2 Å². The third-order valence-electron chi connectivity index (χ3n) is 3.81. The summed E-state index contributed by atoms with van der Waals surface area (Å²) >= 11 is 0. The highest BCUT2D eigenvalue weighted by atomic mass is 19.4. The molecule has 0 aliphatic rings. The maximum absolute atomic E-state index is 13.4. The maximum Gasteiger partial charge on any atom is 0.420 e. The second kappa shape index (κ2) is 6.43. The van der Waals surface area contributed by atoms with Crippen LogP contribution in [0.25, 0.3) is 5.65 Å². The minimum Gasteiger partial charge on any atom is -0.362 e. The van der Waals surface area contributed by atoms with Crippen molar-refractivity contribution >= 4 is 17.3 Å². The Morgan fingerprint density at radius 1 is 1.15 bits per heavy atom. The predicted octanol–water partition coefficient (Wildman–Crippen LogP) is 2.83. The summed E-state index contributed by atoms with van der Waals surface area (Å²) in [5.41, 5.74) is 0.347. The van der Waals surface area contributed by atoms with E-state index in [0.29, 0.717) is 23.0 Å². The van der Waals surface area contributed by atoms with E-state index in [9.17, 15) is 13.2 Å². The molecule has 0 atom stereocenters. The van der Waals surface area contributed by atoms with Gasteiger partial charge in [0, 0.05) is 19.8 Å². The van der Waals surface area contributed by atoms with Crippen molar-refractivity contribution in [3.8, 4) is 0 Å². The fourth-order valence-corrected chi connectivity index (χ4v) is 2.66. The molecule has 26 heavy (non-hydrogen) atoms. The van der Waals surface area contributed by atoms with E-state index < -0.39 is 11.7 Å². The number of hydrogen-bond acceptors (Lipinski definition) is 6. The maximum atomic E-state index is 13.4. The highest BCUT2D eigenvalue weighted by Crippen LogP contribution is 2.36. The number of aromatic nitrogens is 5. The van der Waals surface area contributed by atoms with E-state index >= 15 is 0 Å². The van der Waals surface area contributed by atoms with Crippen LogP contribution in [0.5, 0.6) is 0 Å². The van der Waals surface area contributed by atoms with Gasteiger partial charge in [-0.3, -0.25) is 0 Å². The van der Waals surface area contributed by atoms with Gasteiger partial charge in [0.25, 0.3) is 0 Å². The van der Waals surface area contributed by atoms with E-state index in [1.165, 1.54) is 17.5 Å². The average molecular weight is 365 g/mol. The molecule has 0 saturated heterocycles. The Balaban J connectivity index is 1.95. The zero-order valence-electron chi connectivity index (χ0n) is 14.8. The lowest BCUT2D eigenvalue weighted by Gasteiger charge is -2.16. The smallest absolute Gasteiger partial charge is 0.362 e. The summed E-state index contributed by atoms with van der Waals surface area (Å²) in [5, 5.41) is 15.1. The molecule has 0 spiro atoms. The van der Waals surface area contributed by atoms with Gasteiger partial charge in [0.2, 0.25) is 0 Å². The molecule has 1 N–H and O–H groups in total. The minimum atomic E-state index is -4.50. The number of hydrogen-bond donors (Lipinski definition) is 1. The number of anilines is 2. The number of nitrogens with one attached hydrogen (secondary N) is 1. The van der Waals surface area contributed by atoms with Crippen LogP contribution in [0.2, 0.25) is 0 Å². The fraction of sp³-hybridized carbons (Fsp3) is 0.375.